The monoisotopic (exact) mass is 192 g/mol. The van der Waals surface area contributed by atoms with Crippen molar-refractivity contribution in [1.82, 2.24) is 9.97 Å². The Morgan fingerprint density at radius 1 is 1.43 bits per heavy atom. The van der Waals surface area contributed by atoms with E-state index in [0.29, 0.717) is 23.1 Å². The SMILES string of the molecule is COc1nc(C2CC2)nc(C)c1C=O. The molecule has 0 amide bonds. The van der Waals surface area contributed by atoms with Crippen molar-refractivity contribution in [3.05, 3.63) is 17.1 Å². The summed E-state index contributed by atoms with van der Waals surface area (Å²) in [7, 11) is 1.52. The Labute approximate surface area is 82.3 Å². The molecule has 1 fully saturated rings. The lowest BCUT2D eigenvalue weighted by molar-refractivity contribution is 0.111. The molecule has 0 spiro atoms. The Balaban J connectivity index is 2.48. The van der Waals surface area contributed by atoms with E-state index < -0.39 is 0 Å². The Kier molecular flexibility index (Phi) is 2.19. The van der Waals surface area contributed by atoms with Gasteiger partial charge in [-0.2, -0.15) is 4.98 Å². The summed E-state index contributed by atoms with van der Waals surface area (Å²) in [6, 6.07) is 0. The second kappa shape index (κ2) is 3.36. The fourth-order valence-electron chi connectivity index (χ4n) is 1.39. The zero-order valence-corrected chi connectivity index (χ0v) is 8.28. The number of ether oxygens (including phenoxy) is 1. The maximum absolute atomic E-state index is 10.7. The third kappa shape index (κ3) is 1.47. The summed E-state index contributed by atoms with van der Waals surface area (Å²) in [5, 5.41) is 0. The van der Waals surface area contributed by atoms with Crippen molar-refractivity contribution in [1.29, 1.82) is 0 Å². The van der Waals surface area contributed by atoms with Crippen LogP contribution in [-0.2, 0) is 0 Å². The topological polar surface area (TPSA) is 52.1 Å². The van der Waals surface area contributed by atoms with Crippen LogP contribution < -0.4 is 4.74 Å². The molecule has 0 radical (unpaired) electrons. The molecule has 0 saturated heterocycles. The van der Waals surface area contributed by atoms with Crippen molar-refractivity contribution < 1.29 is 9.53 Å². The molecule has 74 valence electrons. The second-order valence-corrected chi connectivity index (χ2v) is 3.48. The van der Waals surface area contributed by atoms with Crippen LogP contribution in [0.15, 0.2) is 0 Å². The summed E-state index contributed by atoms with van der Waals surface area (Å²) in [6.07, 6.45) is 3.02. The fraction of sp³-hybridized carbons (Fsp3) is 0.500. The standard InChI is InChI=1S/C10H12N2O2/c1-6-8(5-13)10(14-2)12-9(11-6)7-3-4-7/h5,7H,3-4H2,1-2H3. The minimum absolute atomic E-state index is 0.398. The number of carbonyl (C=O) groups excluding carboxylic acids is 1. The zero-order valence-electron chi connectivity index (χ0n) is 8.28. The highest BCUT2D eigenvalue weighted by atomic mass is 16.5. The van der Waals surface area contributed by atoms with Crippen LogP contribution in [0, 0.1) is 6.92 Å². The van der Waals surface area contributed by atoms with Gasteiger partial charge in [-0.15, -0.1) is 0 Å². The van der Waals surface area contributed by atoms with E-state index in [0.717, 1.165) is 25.0 Å². The number of methoxy groups -OCH3 is 1. The first-order valence-corrected chi connectivity index (χ1v) is 4.64. The normalized spacial score (nSPS) is 15.3. The number of nitrogens with zero attached hydrogens (tertiary/aromatic N) is 2. The second-order valence-electron chi connectivity index (χ2n) is 3.48. The first kappa shape index (κ1) is 9.12. The van der Waals surface area contributed by atoms with Gasteiger partial charge in [-0.3, -0.25) is 4.79 Å². The highest BCUT2D eigenvalue weighted by Gasteiger charge is 2.28. The van der Waals surface area contributed by atoms with Gasteiger partial charge in [-0.05, 0) is 19.8 Å². The number of hydrogen-bond acceptors (Lipinski definition) is 4. The first-order valence-electron chi connectivity index (χ1n) is 4.64. The summed E-state index contributed by atoms with van der Waals surface area (Å²) in [5.74, 6) is 1.68. The molecule has 4 nitrogen and oxygen atoms in total. The third-order valence-corrected chi connectivity index (χ3v) is 2.37. The van der Waals surface area contributed by atoms with E-state index in [9.17, 15) is 4.79 Å². The Morgan fingerprint density at radius 3 is 2.64 bits per heavy atom. The molecule has 0 N–H and O–H groups in total. The molecular weight excluding hydrogens is 180 g/mol. The summed E-state index contributed by atoms with van der Waals surface area (Å²) in [5.41, 5.74) is 1.16. The van der Waals surface area contributed by atoms with Gasteiger partial charge in [0.2, 0.25) is 5.88 Å². The first-order chi connectivity index (χ1) is 6.76. The number of aryl methyl sites for hydroxylation is 1. The predicted molar refractivity (Wildman–Crippen MR) is 50.7 cm³/mol. The minimum Gasteiger partial charge on any atom is -0.480 e. The average molecular weight is 192 g/mol. The van der Waals surface area contributed by atoms with Crippen molar-refractivity contribution in [2.75, 3.05) is 7.11 Å². The minimum atomic E-state index is 0.398. The number of aldehydes is 1. The van der Waals surface area contributed by atoms with Crippen molar-refractivity contribution in [2.45, 2.75) is 25.7 Å². The third-order valence-electron chi connectivity index (χ3n) is 2.37. The highest BCUT2D eigenvalue weighted by Crippen LogP contribution is 2.39. The molecule has 2 rings (SSSR count). The molecule has 1 aliphatic carbocycles. The lowest BCUT2D eigenvalue weighted by atomic mass is 10.2. The lowest BCUT2D eigenvalue weighted by Gasteiger charge is -2.06. The molecule has 1 aromatic rings. The van der Waals surface area contributed by atoms with Crippen LogP contribution in [0.5, 0.6) is 5.88 Å². The van der Waals surface area contributed by atoms with Crippen molar-refractivity contribution in [2.24, 2.45) is 0 Å². The van der Waals surface area contributed by atoms with Crippen LogP contribution in [0.1, 0.15) is 40.6 Å². The molecule has 0 aliphatic heterocycles. The molecule has 0 unspecified atom stereocenters. The van der Waals surface area contributed by atoms with Crippen LogP contribution in [0.4, 0.5) is 0 Å². The van der Waals surface area contributed by atoms with Gasteiger partial charge in [0.05, 0.1) is 18.4 Å². The smallest absolute Gasteiger partial charge is 0.227 e. The van der Waals surface area contributed by atoms with Crippen LogP contribution in [0.25, 0.3) is 0 Å². The van der Waals surface area contributed by atoms with E-state index in [2.05, 4.69) is 9.97 Å². The maximum Gasteiger partial charge on any atom is 0.227 e. The Hall–Kier alpha value is -1.45. The lowest BCUT2D eigenvalue weighted by Crippen LogP contribution is -2.04. The number of carbonyl (C=O) groups is 1. The number of hydrogen-bond donors (Lipinski definition) is 0. The fourth-order valence-corrected chi connectivity index (χ4v) is 1.39. The molecule has 1 heterocycles. The average Bonchev–Trinajstić information content (AvgIpc) is 2.99. The highest BCUT2D eigenvalue weighted by molar-refractivity contribution is 5.79. The molecule has 0 bridgehead atoms. The van der Waals surface area contributed by atoms with Crippen LogP contribution in [0.2, 0.25) is 0 Å². The van der Waals surface area contributed by atoms with Crippen molar-refractivity contribution in [3.8, 4) is 5.88 Å². The summed E-state index contributed by atoms with van der Waals surface area (Å²) < 4.78 is 5.05. The van der Waals surface area contributed by atoms with Gasteiger partial charge in [0, 0.05) is 5.92 Å². The van der Waals surface area contributed by atoms with Gasteiger partial charge in [-0.25, -0.2) is 4.98 Å². The van der Waals surface area contributed by atoms with E-state index in [1.54, 1.807) is 6.92 Å². The van der Waals surface area contributed by atoms with E-state index in [4.69, 9.17) is 4.74 Å². The predicted octanol–water partition coefficient (Wildman–Crippen LogP) is 1.48. The number of aromatic nitrogens is 2. The quantitative estimate of drug-likeness (QED) is 0.681. The van der Waals surface area contributed by atoms with E-state index >= 15 is 0 Å². The Bertz CT molecular complexity index is 373. The largest absolute Gasteiger partial charge is 0.480 e. The molecule has 1 saturated carbocycles. The van der Waals surface area contributed by atoms with Crippen molar-refractivity contribution in [3.63, 3.8) is 0 Å². The van der Waals surface area contributed by atoms with Gasteiger partial charge in [0.15, 0.2) is 6.29 Å². The van der Waals surface area contributed by atoms with Crippen LogP contribution in [0.3, 0.4) is 0 Å². The zero-order chi connectivity index (χ0) is 10.1. The van der Waals surface area contributed by atoms with Gasteiger partial charge in [0.25, 0.3) is 0 Å². The summed E-state index contributed by atoms with van der Waals surface area (Å²) in [4.78, 5) is 19.3. The molecule has 14 heavy (non-hydrogen) atoms. The summed E-state index contributed by atoms with van der Waals surface area (Å²) in [6.45, 7) is 1.81. The van der Waals surface area contributed by atoms with E-state index in [1.165, 1.54) is 7.11 Å². The molecule has 0 atom stereocenters. The number of rotatable bonds is 3. The molecule has 1 aliphatic rings. The van der Waals surface area contributed by atoms with Gasteiger partial charge < -0.3 is 4.74 Å². The Morgan fingerprint density at radius 2 is 2.14 bits per heavy atom. The van der Waals surface area contributed by atoms with Crippen LogP contribution in [-0.4, -0.2) is 23.4 Å². The van der Waals surface area contributed by atoms with Gasteiger partial charge in [-0.1, -0.05) is 0 Å². The van der Waals surface area contributed by atoms with Gasteiger partial charge >= 0.3 is 0 Å². The summed E-state index contributed by atoms with van der Waals surface area (Å²) >= 11 is 0. The van der Waals surface area contributed by atoms with E-state index in [-0.39, 0.29) is 0 Å². The van der Waals surface area contributed by atoms with Gasteiger partial charge in [0.1, 0.15) is 5.82 Å². The maximum atomic E-state index is 10.7. The van der Waals surface area contributed by atoms with Crippen LogP contribution >= 0.6 is 0 Å². The van der Waals surface area contributed by atoms with Crippen molar-refractivity contribution >= 4 is 6.29 Å². The molecule has 0 aromatic carbocycles. The molecule has 1 aromatic heterocycles. The van der Waals surface area contributed by atoms with E-state index in [1.807, 2.05) is 0 Å². The molecular formula is C10H12N2O2. The molecule has 4 heteroatoms.